The minimum absolute atomic E-state index is 0.0917. The van der Waals surface area contributed by atoms with Gasteiger partial charge in [0.15, 0.2) is 10.6 Å². The quantitative estimate of drug-likeness (QED) is 0.427. The van der Waals surface area contributed by atoms with Gasteiger partial charge in [0.1, 0.15) is 5.82 Å². The maximum absolute atomic E-state index is 15.0. The molecule has 0 atom stereocenters. The van der Waals surface area contributed by atoms with Crippen LogP contribution in [-0.4, -0.2) is 56.5 Å². The van der Waals surface area contributed by atoms with E-state index in [1.807, 2.05) is 0 Å². The van der Waals surface area contributed by atoms with Crippen molar-refractivity contribution in [2.75, 3.05) is 27.4 Å². The number of carbonyl (C=O) groups excluding carboxylic acids is 1. The highest BCUT2D eigenvalue weighted by Crippen LogP contribution is 2.42. The third-order valence-corrected chi connectivity index (χ3v) is 8.96. The number of amides is 1. The van der Waals surface area contributed by atoms with Crippen molar-refractivity contribution in [2.45, 2.75) is 55.2 Å². The van der Waals surface area contributed by atoms with E-state index in [1.54, 1.807) is 30.1 Å². The topological polar surface area (TPSA) is 122 Å². The summed E-state index contributed by atoms with van der Waals surface area (Å²) >= 11 is 0. The lowest BCUT2D eigenvalue weighted by atomic mass is 9.91. The third kappa shape index (κ3) is 4.60. The van der Waals surface area contributed by atoms with Gasteiger partial charge in [-0.2, -0.15) is 13.5 Å². The van der Waals surface area contributed by atoms with Gasteiger partial charge in [0, 0.05) is 25.4 Å². The fourth-order valence-electron chi connectivity index (χ4n) is 5.45. The van der Waals surface area contributed by atoms with E-state index in [0.717, 1.165) is 24.8 Å². The highest BCUT2D eigenvalue weighted by Gasteiger charge is 2.46. The molecule has 3 aromatic rings. The number of hydrogen-bond donors (Lipinski definition) is 1. The number of aromatic nitrogens is 3. The van der Waals surface area contributed by atoms with Gasteiger partial charge in [-0.25, -0.2) is 14.1 Å². The molecule has 10 nitrogen and oxygen atoms in total. The monoisotopic (exact) mass is 556 g/mol. The number of hydrogen-bond acceptors (Lipinski definition) is 8. The highest BCUT2D eigenvalue weighted by molar-refractivity contribution is 7.90. The molecule has 0 unspecified atom stereocenters. The SMILES string of the molecule is COc1cc(-c2cc(F)c3c(c2CC(=O)NS(=O)(=O)c2cc(C4(OC)COC4)n(C4CC4)n2)CCC3)ccn1. The van der Waals surface area contributed by atoms with Gasteiger partial charge in [0.05, 0.1) is 38.5 Å². The van der Waals surface area contributed by atoms with E-state index in [9.17, 15) is 13.2 Å². The van der Waals surface area contributed by atoms with Crippen molar-refractivity contribution < 1.29 is 31.8 Å². The predicted molar refractivity (Wildman–Crippen MR) is 137 cm³/mol. The summed E-state index contributed by atoms with van der Waals surface area (Å²) in [4.78, 5) is 17.4. The van der Waals surface area contributed by atoms with Gasteiger partial charge in [0.2, 0.25) is 11.8 Å². The number of rotatable bonds is 9. The third-order valence-electron chi connectivity index (χ3n) is 7.72. The van der Waals surface area contributed by atoms with Crippen molar-refractivity contribution in [1.29, 1.82) is 0 Å². The van der Waals surface area contributed by atoms with Crippen molar-refractivity contribution >= 4 is 15.9 Å². The highest BCUT2D eigenvalue weighted by atomic mass is 32.2. The molecular formula is C27H29FN4O6S. The van der Waals surface area contributed by atoms with E-state index in [4.69, 9.17) is 14.2 Å². The molecule has 2 aromatic heterocycles. The average Bonchev–Trinajstić information content (AvgIpc) is 3.42. The lowest BCUT2D eigenvalue weighted by Gasteiger charge is -2.40. The van der Waals surface area contributed by atoms with Gasteiger partial charge in [-0.15, -0.1) is 0 Å². The fraction of sp³-hybridized carbons (Fsp3) is 0.444. The number of methoxy groups -OCH3 is 2. The van der Waals surface area contributed by atoms with Crippen LogP contribution in [0.3, 0.4) is 0 Å². The first-order valence-corrected chi connectivity index (χ1v) is 14.3. The first-order valence-electron chi connectivity index (χ1n) is 12.9. The van der Waals surface area contributed by atoms with E-state index in [0.29, 0.717) is 59.9 Å². The molecule has 2 fully saturated rings. The normalized spacial score (nSPS) is 17.9. The van der Waals surface area contributed by atoms with E-state index in [2.05, 4.69) is 14.8 Å². The number of fused-ring (bicyclic) bond motifs is 1. The van der Waals surface area contributed by atoms with E-state index >= 15 is 4.39 Å². The van der Waals surface area contributed by atoms with E-state index in [1.165, 1.54) is 19.2 Å². The zero-order valence-electron chi connectivity index (χ0n) is 21.7. The van der Waals surface area contributed by atoms with Crippen LogP contribution in [0.15, 0.2) is 35.5 Å². The van der Waals surface area contributed by atoms with Crippen LogP contribution in [0.25, 0.3) is 11.1 Å². The molecule has 3 aliphatic rings. The van der Waals surface area contributed by atoms with E-state index < -0.39 is 21.5 Å². The number of benzene rings is 1. The van der Waals surface area contributed by atoms with Crippen LogP contribution < -0.4 is 9.46 Å². The lowest BCUT2D eigenvalue weighted by molar-refractivity contribution is -0.206. The number of nitrogens with one attached hydrogen (secondary N) is 1. The standard InChI is InChI=1S/C27H29FN4O6S/c1-36-25-10-16(8-9-29-25)20-11-22(28)19-5-3-4-18(19)21(20)12-24(33)31-39(34,35)26-13-23(27(37-2)14-38-15-27)32(30-26)17-6-7-17/h8-11,13,17H,3-7,12,14-15H2,1-2H3,(H,31,33). The molecule has 2 aliphatic carbocycles. The molecule has 0 bridgehead atoms. The van der Waals surface area contributed by atoms with Crippen LogP contribution >= 0.6 is 0 Å². The first-order chi connectivity index (χ1) is 18.7. The Balaban J connectivity index is 1.31. The molecule has 1 saturated heterocycles. The Morgan fingerprint density at radius 2 is 1.97 bits per heavy atom. The Hall–Kier alpha value is -3.35. The smallest absolute Gasteiger partial charge is 0.283 e. The molecule has 0 radical (unpaired) electrons. The Bertz CT molecular complexity index is 1560. The second-order valence-corrected chi connectivity index (χ2v) is 11.9. The Morgan fingerprint density at radius 1 is 1.21 bits per heavy atom. The van der Waals surface area contributed by atoms with Gasteiger partial charge in [-0.3, -0.25) is 9.48 Å². The predicted octanol–water partition coefficient (Wildman–Crippen LogP) is 2.84. The molecule has 39 heavy (non-hydrogen) atoms. The summed E-state index contributed by atoms with van der Waals surface area (Å²) in [6.07, 6.45) is 5.01. The largest absolute Gasteiger partial charge is 0.481 e. The molecular weight excluding hydrogens is 527 g/mol. The molecule has 1 amide bonds. The van der Waals surface area contributed by atoms with Gasteiger partial charge >= 0.3 is 0 Å². The molecule has 1 aliphatic heterocycles. The molecule has 12 heteroatoms. The Morgan fingerprint density at radius 3 is 2.64 bits per heavy atom. The Labute approximate surface area is 225 Å². The molecule has 6 rings (SSSR count). The van der Waals surface area contributed by atoms with Crippen LogP contribution in [0.4, 0.5) is 4.39 Å². The molecule has 206 valence electrons. The maximum atomic E-state index is 15.0. The second-order valence-electron chi connectivity index (χ2n) is 10.2. The summed E-state index contributed by atoms with van der Waals surface area (Å²) in [7, 11) is -1.24. The number of pyridine rings is 1. The summed E-state index contributed by atoms with van der Waals surface area (Å²) in [5, 5.41) is 4.12. The second kappa shape index (κ2) is 9.68. The molecule has 1 aromatic carbocycles. The van der Waals surface area contributed by atoms with Crippen LogP contribution in [0, 0.1) is 5.82 Å². The first kappa shape index (κ1) is 25.9. The fourth-order valence-corrected chi connectivity index (χ4v) is 6.39. The van der Waals surface area contributed by atoms with Crippen molar-refractivity contribution in [1.82, 2.24) is 19.5 Å². The van der Waals surface area contributed by atoms with Crippen LogP contribution in [0.5, 0.6) is 5.88 Å². The molecule has 1 saturated carbocycles. The van der Waals surface area contributed by atoms with Crippen LogP contribution in [0.1, 0.15) is 47.7 Å². The number of sulfonamides is 1. The molecule has 0 spiro atoms. The average molecular weight is 557 g/mol. The van der Waals surface area contributed by atoms with Gasteiger partial charge < -0.3 is 14.2 Å². The van der Waals surface area contributed by atoms with Crippen molar-refractivity contribution in [2.24, 2.45) is 0 Å². The van der Waals surface area contributed by atoms with E-state index in [-0.39, 0.29) is 23.3 Å². The lowest BCUT2D eigenvalue weighted by Crippen LogP contribution is -2.49. The zero-order chi connectivity index (χ0) is 27.4. The summed E-state index contributed by atoms with van der Waals surface area (Å²) < 4.78 is 61.8. The minimum atomic E-state index is -4.28. The zero-order valence-corrected chi connectivity index (χ0v) is 22.5. The summed E-state index contributed by atoms with van der Waals surface area (Å²) in [6, 6.07) is 6.33. The number of ether oxygens (including phenoxy) is 3. The van der Waals surface area contributed by atoms with Gasteiger partial charge in [0.25, 0.3) is 10.0 Å². The van der Waals surface area contributed by atoms with Crippen LogP contribution in [-0.2, 0) is 49.2 Å². The maximum Gasteiger partial charge on any atom is 0.283 e. The minimum Gasteiger partial charge on any atom is -0.481 e. The molecule has 1 N–H and O–H groups in total. The van der Waals surface area contributed by atoms with Crippen molar-refractivity contribution in [3.05, 3.63) is 58.7 Å². The van der Waals surface area contributed by atoms with Gasteiger partial charge in [-0.1, -0.05) is 0 Å². The summed E-state index contributed by atoms with van der Waals surface area (Å²) in [6.45, 7) is 0.595. The van der Waals surface area contributed by atoms with Gasteiger partial charge in [-0.05, 0) is 72.1 Å². The Kier molecular flexibility index (Phi) is 6.43. The molecule has 3 heterocycles. The number of nitrogens with zero attached hydrogens (tertiary/aromatic N) is 3. The van der Waals surface area contributed by atoms with Crippen molar-refractivity contribution in [3.8, 4) is 17.0 Å². The van der Waals surface area contributed by atoms with Crippen molar-refractivity contribution in [3.63, 3.8) is 0 Å². The summed E-state index contributed by atoms with van der Waals surface area (Å²) in [5.41, 5.74) is 2.92. The summed E-state index contributed by atoms with van der Waals surface area (Å²) in [5.74, 6) is -0.719. The van der Waals surface area contributed by atoms with Crippen LogP contribution in [0.2, 0.25) is 0 Å². The number of carbonyl (C=O) groups is 1. The number of halogens is 1.